The van der Waals surface area contributed by atoms with Gasteiger partial charge in [0.1, 0.15) is 22.7 Å². The first-order chi connectivity index (χ1) is 16.1. The van der Waals surface area contributed by atoms with Crippen molar-refractivity contribution in [2.24, 2.45) is 0 Å². The lowest BCUT2D eigenvalue weighted by Crippen LogP contribution is -2.43. The van der Waals surface area contributed by atoms with E-state index in [0.717, 1.165) is 62.3 Å². The summed E-state index contributed by atoms with van der Waals surface area (Å²) in [5, 5.41) is 10.8. The molecule has 3 aromatic rings. The summed E-state index contributed by atoms with van der Waals surface area (Å²) in [5.41, 5.74) is 3.08. The average molecular weight is 490 g/mol. The van der Waals surface area contributed by atoms with Gasteiger partial charge >= 0.3 is 6.18 Å². The summed E-state index contributed by atoms with van der Waals surface area (Å²) >= 11 is 0. The van der Waals surface area contributed by atoms with E-state index in [1.165, 1.54) is 5.56 Å². The van der Waals surface area contributed by atoms with Gasteiger partial charge < -0.3 is 4.57 Å². The van der Waals surface area contributed by atoms with Crippen molar-refractivity contribution in [1.29, 1.82) is 5.26 Å². The first-order valence-electron chi connectivity index (χ1n) is 11.1. The van der Waals surface area contributed by atoms with Crippen LogP contribution < -0.4 is 4.72 Å². The monoisotopic (exact) mass is 489 g/mol. The second kappa shape index (κ2) is 8.06. The molecule has 2 aliphatic carbocycles. The van der Waals surface area contributed by atoms with Gasteiger partial charge in [-0.2, -0.15) is 23.2 Å². The minimum absolute atomic E-state index is 0.162. The molecule has 11 heteroatoms. The van der Waals surface area contributed by atoms with E-state index in [-0.39, 0.29) is 11.9 Å². The number of rotatable bonds is 6. The predicted octanol–water partition coefficient (Wildman–Crippen LogP) is 4.80. The standard InChI is InChI=1S/C23H22F3N5O2S/c1-13(23(24,25)26)30-34(32,33)17-11-28-22(29-12-17)21-19(10-27)18-8-7-15(14-5-6-14)9-20(18)31(21)16-3-2-4-16/h7-9,11-14,16,30H,2-6H2,1H3/t13-/m1/s1. The fraction of sp³-hybridized carbons (Fsp3) is 0.435. The molecule has 178 valence electrons. The summed E-state index contributed by atoms with van der Waals surface area (Å²) in [4.78, 5) is 7.87. The number of fused-ring (bicyclic) bond motifs is 1. The Bertz CT molecular complexity index is 1400. The van der Waals surface area contributed by atoms with Crippen molar-refractivity contribution in [3.63, 3.8) is 0 Å². The van der Waals surface area contributed by atoms with Gasteiger partial charge in [-0.05, 0) is 56.6 Å². The van der Waals surface area contributed by atoms with E-state index in [4.69, 9.17) is 0 Å². The van der Waals surface area contributed by atoms with Crippen LogP contribution in [0.4, 0.5) is 13.2 Å². The summed E-state index contributed by atoms with van der Waals surface area (Å²) in [6.45, 7) is 0.721. The molecule has 2 aromatic heterocycles. The number of nitriles is 1. The highest BCUT2D eigenvalue weighted by Crippen LogP contribution is 2.45. The van der Waals surface area contributed by atoms with Crippen LogP contribution in [-0.4, -0.2) is 35.2 Å². The number of hydrogen-bond acceptors (Lipinski definition) is 5. The lowest BCUT2D eigenvalue weighted by Gasteiger charge is -2.29. The Balaban J connectivity index is 1.58. The molecule has 0 spiro atoms. The quantitative estimate of drug-likeness (QED) is 0.536. The van der Waals surface area contributed by atoms with Gasteiger partial charge in [0.25, 0.3) is 0 Å². The van der Waals surface area contributed by atoms with Gasteiger partial charge in [-0.25, -0.2) is 18.4 Å². The molecular formula is C23H22F3N5O2S. The maximum atomic E-state index is 12.8. The third-order valence-corrected chi connectivity index (χ3v) is 8.10. The Labute approximate surface area is 194 Å². The van der Waals surface area contributed by atoms with Crippen LogP contribution in [0, 0.1) is 11.3 Å². The summed E-state index contributed by atoms with van der Waals surface area (Å²) in [6.07, 6.45) is 2.48. The minimum atomic E-state index is -4.72. The molecule has 0 radical (unpaired) electrons. The third kappa shape index (κ3) is 3.95. The zero-order chi connectivity index (χ0) is 24.3. The fourth-order valence-electron chi connectivity index (χ4n) is 4.30. The van der Waals surface area contributed by atoms with E-state index < -0.39 is 27.1 Å². The van der Waals surface area contributed by atoms with Gasteiger partial charge in [0.2, 0.25) is 10.0 Å². The molecule has 2 fully saturated rings. The maximum absolute atomic E-state index is 12.8. The van der Waals surface area contributed by atoms with E-state index >= 15 is 0 Å². The number of benzene rings is 1. The third-order valence-electron chi connectivity index (χ3n) is 6.60. The van der Waals surface area contributed by atoms with Crippen LogP contribution in [0.25, 0.3) is 22.4 Å². The van der Waals surface area contributed by atoms with Crippen LogP contribution in [0.5, 0.6) is 0 Å². The van der Waals surface area contributed by atoms with Crippen molar-refractivity contribution in [3.8, 4) is 17.6 Å². The summed E-state index contributed by atoms with van der Waals surface area (Å²) < 4.78 is 66.9. The molecule has 0 unspecified atom stereocenters. The molecule has 5 rings (SSSR count). The lowest BCUT2D eigenvalue weighted by atomic mass is 9.92. The van der Waals surface area contributed by atoms with E-state index in [2.05, 4.69) is 26.7 Å². The molecule has 2 heterocycles. The molecule has 1 atom stereocenters. The van der Waals surface area contributed by atoms with Crippen molar-refractivity contribution in [2.75, 3.05) is 0 Å². The van der Waals surface area contributed by atoms with Crippen molar-refractivity contribution >= 4 is 20.9 Å². The number of nitrogens with one attached hydrogen (secondary N) is 1. The van der Waals surface area contributed by atoms with Crippen molar-refractivity contribution in [2.45, 2.75) is 68.1 Å². The second-order valence-corrected chi connectivity index (χ2v) is 10.7. The molecule has 0 aliphatic heterocycles. The molecule has 1 aromatic carbocycles. The molecule has 0 saturated heterocycles. The molecule has 0 bridgehead atoms. The van der Waals surface area contributed by atoms with Crippen LogP contribution in [0.15, 0.2) is 35.5 Å². The van der Waals surface area contributed by atoms with Gasteiger partial charge in [-0.15, -0.1) is 0 Å². The van der Waals surface area contributed by atoms with E-state index in [1.54, 1.807) is 4.72 Å². The highest BCUT2D eigenvalue weighted by molar-refractivity contribution is 7.89. The van der Waals surface area contributed by atoms with E-state index in [9.17, 15) is 26.9 Å². The number of sulfonamides is 1. The zero-order valence-corrected chi connectivity index (χ0v) is 19.1. The van der Waals surface area contributed by atoms with Gasteiger partial charge in [-0.3, -0.25) is 0 Å². The highest BCUT2D eigenvalue weighted by Gasteiger charge is 2.39. The van der Waals surface area contributed by atoms with Crippen LogP contribution in [0.1, 0.15) is 62.1 Å². The lowest BCUT2D eigenvalue weighted by molar-refractivity contribution is -0.147. The Hall–Kier alpha value is -2.97. The Kier molecular flexibility index (Phi) is 5.41. The number of halogens is 3. The summed E-state index contributed by atoms with van der Waals surface area (Å²) in [7, 11) is -4.48. The van der Waals surface area contributed by atoms with E-state index in [0.29, 0.717) is 17.2 Å². The number of nitrogens with zero attached hydrogens (tertiary/aromatic N) is 4. The number of hydrogen-bond donors (Lipinski definition) is 1. The Morgan fingerprint density at radius 2 is 1.85 bits per heavy atom. The molecule has 1 N–H and O–H groups in total. The highest BCUT2D eigenvalue weighted by atomic mass is 32.2. The SMILES string of the molecule is C[C@@H](NS(=O)(=O)c1cnc(-c2c(C#N)c3ccc(C4CC4)cc3n2C2CCC2)nc1)C(F)(F)F. The normalized spacial score (nSPS) is 18.0. The Morgan fingerprint density at radius 3 is 2.38 bits per heavy atom. The predicted molar refractivity (Wildman–Crippen MR) is 118 cm³/mol. The molecule has 2 saturated carbocycles. The molecule has 2 aliphatic rings. The minimum Gasteiger partial charge on any atom is -0.334 e. The molecule has 34 heavy (non-hydrogen) atoms. The molecular weight excluding hydrogens is 467 g/mol. The summed E-state index contributed by atoms with van der Waals surface area (Å²) in [6, 6.07) is 6.28. The second-order valence-electron chi connectivity index (χ2n) is 8.97. The zero-order valence-electron chi connectivity index (χ0n) is 18.3. The number of aromatic nitrogens is 3. The number of alkyl halides is 3. The fourth-order valence-corrected chi connectivity index (χ4v) is 5.42. The largest absolute Gasteiger partial charge is 0.404 e. The van der Waals surface area contributed by atoms with Crippen molar-refractivity contribution in [1.82, 2.24) is 19.3 Å². The van der Waals surface area contributed by atoms with Gasteiger partial charge in [0.15, 0.2) is 5.82 Å². The van der Waals surface area contributed by atoms with Gasteiger partial charge in [0, 0.05) is 11.4 Å². The Morgan fingerprint density at radius 1 is 1.18 bits per heavy atom. The van der Waals surface area contributed by atoms with Gasteiger partial charge in [0.05, 0.1) is 23.5 Å². The van der Waals surface area contributed by atoms with Crippen LogP contribution in [0.3, 0.4) is 0 Å². The molecule has 7 nitrogen and oxygen atoms in total. The topological polar surface area (TPSA) is 101 Å². The smallest absolute Gasteiger partial charge is 0.334 e. The summed E-state index contributed by atoms with van der Waals surface area (Å²) in [5.74, 6) is 0.700. The first-order valence-corrected chi connectivity index (χ1v) is 12.6. The average Bonchev–Trinajstić information content (AvgIpc) is 3.55. The van der Waals surface area contributed by atoms with Crippen molar-refractivity contribution < 1.29 is 21.6 Å². The first kappa shape index (κ1) is 22.8. The van der Waals surface area contributed by atoms with Crippen molar-refractivity contribution in [3.05, 3.63) is 41.7 Å². The van der Waals surface area contributed by atoms with Crippen LogP contribution in [0.2, 0.25) is 0 Å². The molecule has 0 amide bonds. The van der Waals surface area contributed by atoms with Gasteiger partial charge in [-0.1, -0.05) is 12.1 Å². The maximum Gasteiger partial charge on any atom is 0.404 e. The van der Waals surface area contributed by atoms with Crippen LogP contribution in [-0.2, 0) is 10.0 Å². The van der Waals surface area contributed by atoms with E-state index in [1.807, 2.05) is 12.1 Å². The van der Waals surface area contributed by atoms with Crippen LogP contribution >= 0.6 is 0 Å².